The third kappa shape index (κ3) is 5.00. The molecule has 41 heavy (non-hydrogen) atoms. The molecule has 2 aromatic carbocycles. The van der Waals surface area contributed by atoms with E-state index >= 15 is 4.39 Å². The number of Topliss-reactive ketones (excluding diaryl/α,β-unsaturated/α-hetero) is 1. The molecule has 9 heteroatoms. The summed E-state index contributed by atoms with van der Waals surface area (Å²) >= 11 is 0. The lowest BCUT2D eigenvalue weighted by Crippen LogP contribution is -2.27. The number of pyridine rings is 2. The van der Waals surface area contributed by atoms with E-state index in [1.165, 1.54) is 47.2 Å². The van der Waals surface area contributed by atoms with Crippen molar-refractivity contribution in [3.8, 4) is 28.3 Å². The second kappa shape index (κ2) is 10.6. The summed E-state index contributed by atoms with van der Waals surface area (Å²) in [6.45, 7) is 1.66. The van der Waals surface area contributed by atoms with Crippen LogP contribution in [0.3, 0.4) is 0 Å². The quantitative estimate of drug-likeness (QED) is 0.217. The first-order valence-corrected chi connectivity index (χ1v) is 12.7. The van der Waals surface area contributed by atoms with Crippen molar-refractivity contribution in [3.63, 3.8) is 0 Å². The molecule has 0 saturated heterocycles. The molecule has 0 aliphatic rings. The molecular weight excluding hydrogens is 526 g/mol. The van der Waals surface area contributed by atoms with E-state index in [1.807, 2.05) is 18.2 Å². The molecule has 0 bridgehead atoms. The fourth-order valence-electron chi connectivity index (χ4n) is 4.75. The molecule has 7 nitrogen and oxygen atoms in total. The molecule has 0 aliphatic heterocycles. The van der Waals surface area contributed by atoms with Gasteiger partial charge in [0.2, 0.25) is 0 Å². The first kappa shape index (κ1) is 25.8. The van der Waals surface area contributed by atoms with Crippen molar-refractivity contribution in [3.05, 3.63) is 142 Å². The maximum atomic E-state index is 15.2. The molecule has 0 atom stereocenters. The Hall–Kier alpha value is -5.44. The number of ketones is 1. The number of hydrogen-bond donors (Lipinski definition) is 0. The van der Waals surface area contributed by atoms with Crippen molar-refractivity contribution in [1.82, 2.24) is 19.2 Å². The van der Waals surface area contributed by atoms with Crippen LogP contribution in [0.15, 0.2) is 109 Å². The van der Waals surface area contributed by atoms with E-state index in [9.17, 15) is 14.0 Å². The Morgan fingerprint density at radius 3 is 2.51 bits per heavy atom. The topological polar surface area (TPSA) is 78.5 Å². The van der Waals surface area contributed by atoms with Gasteiger partial charge < -0.3 is 4.74 Å². The van der Waals surface area contributed by atoms with Gasteiger partial charge in [-0.05, 0) is 72.6 Å². The van der Waals surface area contributed by atoms with Gasteiger partial charge in [0, 0.05) is 54.1 Å². The lowest BCUT2D eigenvalue weighted by molar-refractivity contribution is 0.0990. The average Bonchev–Trinajstić information content (AvgIpc) is 3.41. The Balaban J connectivity index is 1.27. The van der Waals surface area contributed by atoms with E-state index in [4.69, 9.17) is 4.74 Å². The molecule has 0 radical (unpaired) electrons. The minimum atomic E-state index is -0.659. The van der Waals surface area contributed by atoms with E-state index < -0.39 is 23.0 Å². The van der Waals surface area contributed by atoms with Gasteiger partial charge in [-0.1, -0.05) is 12.1 Å². The molecule has 0 amide bonds. The van der Waals surface area contributed by atoms with E-state index in [0.29, 0.717) is 28.1 Å². The lowest BCUT2D eigenvalue weighted by atomic mass is 10.0. The summed E-state index contributed by atoms with van der Waals surface area (Å²) in [5.74, 6) is -1.18. The van der Waals surface area contributed by atoms with Gasteiger partial charge in [0.05, 0.1) is 11.8 Å². The molecule has 6 rings (SSSR count). The Kier molecular flexibility index (Phi) is 6.68. The van der Waals surface area contributed by atoms with Gasteiger partial charge >= 0.3 is 0 Å². The number of carbonyl (C=O) groups excluding carboxylic acids is 1. The van der Waals surface area contributed by atoms with Gasteiger partial charge in [0.25, 0.3) is 5.56 Å². The average molecular weight is 549 g/mol. The highest BCUT2D eigenvalue weighted by atomic mass is 19.1. The maximum absolute atomic E-state index is 15.2. The third-order valence-corrected chi connectivity index (χ3v) is 6.75. The Morgan fingerprint density at radius 2 is 1.76 bits per heavy atom. The number of halogens is 2. The Bertz CT molecular complexity index is 1970. The van der Waals surface area contributed by atoms with Crippen LogP contribution in [0.2, 0.25) is 0 Å². The van der Waals surface area contributed by atoms with Crippen molar-refractivity contribution in [2.75, 3.05) is 0 Å². The number of aromatic nitrogens is 4. The number of fused-ring (bicyclic) bond motifs is 1. The predicted octanol–water partition coefficient (Wildman–Crippen LogP) is 6.35. The third-order valence-electron chi connectivity index (χ3n) is 6.75. The monoisotopic (exact) mass is 548 g/mol. The van der Waals surface area contributed by atoms with Crippen molar-refractivity contribution < 1.29 is 18.3 Å². The van der Waals surface area contributed by atoms with Gasteiger partial charge in [-0.2, -0.15) is 5.10 Å². The van der Waals surface area contributed by atoms with E-state index in [0.717, 1.165) is 11.1 Å². The number of nitrogens with zero attached hydrogens (tertiary/aromatic N) is 4. The van der Waals surface area contributed by atoms with Crippen LogP contribution in [0, 0.1) is 18.6 Å². The second-order valence-electron chi connectivity index (χ2n) is 9.45. The molecule has 0 fully saturated rings. The van der Waals surface area contributed by atoms with Crippen LogP contribution < -0.4 is 10.3 Å². The highest BCUT2D eigenvalue weighted by Gasteiger charge is 2.19. The van der Waals surface area contributed by atoms with Gasteiger partial charge in [0.15, 0.2) is 23.1 Å². The first-order valence-electron chi connectivity index (χ1n) is 12.7. The summed E-state index contributed by atoms with van der Waals surface area (Å²) in [6.07, 6.45) is 8.09. The molecule has 202 valence electrons. The number of ether oxygens (including phenoxy) is 1. The van der Waals surface area contributed by atoms with Crippen LogP contribution in [0.5, 0.6) is 11.5 Å². The molecule has 4 aromatic heterocycles. The molecule has 0 spiro atoms. The summed E-state index contributed by atoms with van der Waals surface area (Å²) in [5, 5.41) is 4.31. The SMILES string of the molecule is Cc1ccn(-c2ccc(F)cc2)c(=O)c1C(=O)Cc1ccc(Oc2ccnn3ccc(-c4cccnc4)c23)c(F)c1. The number of aryl methyl sites for hydroxylation is 1. The highest BCUT2D eigenvalue weighted by Crippen LogP contribution is 2.34. The smallest absolute Gasteiger partial charge is 0.266 e. The summed E-state index contributed by atoms with van der Waals surface area (Å²) in [6, 6.07) is 18.6. The van der Waals surface area contributed by atoms with Gasteiger partial charge in [-0.15, -0.1) is 0 Å². The largest absolute Gasteiger partial charge is 0.452 e. The van der Waals surface area contributed by atoms with Crippen LogP contribution in [-0.2, 0) is 6.42 Å². The van der Waals surface area contributed by atoms with Crippen molar-refractivity contribution in [2.24, 2.45) is 0 Å². The fourth-order valence-corrected chi connectivity index (χ4v) is 4.75. The van der Waals surface area contributed by atoms with E-state index in [-0.39, 0.29) is 17.7 Å². The summed E-state index contributed by atoms with van der Waals surface area (Å²) in [7, 11) is 0. The minimum absolute atomic E-state index is 0.00657. The molecule has 0 unspecified atom stereocenters. The second-order valence-corrected chi connectivity index (χ2v) is 9.45. The minimum Gasteiger partial charge on any atom is -0.452 e. The maximum Gasteiger partial charge on any atom is 0.266 e. The summed E-state index contributed by atoms with van der Waals surface area (Å²) in [5.41, 5.74) is 3.11. The summed E-state index contributed by atoms with van der Waals surface area (Å²) in [4.78, 5) is 30.6. The molecule has 4 heterocycles. The van der Waals surface area contributed by atoms with Gasteiger partial charge in [-0.3, -0.25) is 19.1 Å². The standard InChI is InChI=1S/C32H22F2N4O3/c1-20-11-15-37(24-7-5-23(33)6-8-24)32(40)30(20)27(39)18-21-4-9-28(26(34)17-21)41-29-10-14-36-38-16-12-25(31(29)38)22-3-2-13-35-19-22/h2-17,19H,18H2,1H3. The zero-order valence-electron chi connectivity index (χ0n) is 21.8. The zero-order chi connectivity index (χ0) is 28.5. The lowest BCUT2D eigenvalue weighted by Gasteiger charge is -2.12. The van der Waals surface area contributed by atoms with Gasteiger partial charge in [0.1, 0.15) is 11.3 Å². The predicted molar refractivity (Wildman–Crippen MR) is 150 cm³/mol. The van der Waals surface area contributed by atoms with Crippen LogP contribution in [-0.4, -0.2) is 24.9 Å². The number of rotatable bonds is 7. The molecular formula is C32H22F2N4O3. The normalized spacial score (nSPS) is 11.1. The highest BCUT2D eigenvalue weighted by molar-refractivity contribution is 5.98. The first-order chi connectivity index (χ1) is 19.9. The molecule has 0 saturated carbocycles. The van der Waals surface area contributed by atoms with Crippen molar-refractivity contribution in [1.29, 1.82) is 0 Å². The Morgan fingerprint density at radius 1 is 0.927 bits per heavy atom. The van der Waals surface area contributed by atoms with Crippen molar-refractivity contribution >= 4 is 11.3 Å². The molecule has 6 aromatic rings. The van der Waals surface area contributed by atoms with Crippen LogP contribution in [0.1, 0.15) is 21.5 Å². The number of benzene rings is 2. The van der Waals surface area contributed by atoms with Crippen molar-refractivity contribution in [2.45, 2.75) is 13.3 Å². The van der Waals surface area contributed by atoms with Crippen LogP contribution in [0.25, 0.3) is 22.3 Å². The molecule has 0 aliphatic carbocycles. The fraction of sp³-hybridized carbons (Fsp3) is 0.0625. The number of hydrogen-bond acceptors (Lipinski definition) is 5. The Labute approximate surface area is 232 Å². The zero-order valence-corrected chi connectivity index (χ0v) is 21.8. The van der Waals surface area contributed by atoms with E-state index in [1.54, 1.807) is 54.4 Å². The van der Waals surface area contributed by atoms with E-state index in [2.05, 4.69) is 10.1 Å². The van der Waals surface area contributed by atoms with Gasteiger partial charge in [-0.25, -0.2) is 13.3 Å². The van der Waals surface area contributed by atoms with Crippen LogP contribution in [0.4, 0.5) is 8.78 Å². The summed E-state index contributed by atoms with van der Waals surface area (Å²) < 4.78 is 37.5. The number of carbonyl (C=O) groups is 1. The van der Waals surface area contributed by atoms with Crippen LogP contribution >= 0.6 is 0 Å². The molecule has 0 N–H and O–H groups in total.